The Hall–Kier alpha value is -3.33. The molecule has 1 aliphatic heterocycles. The number of nitrogens with one attached hydrogen (secondary N) is 1. The van der Waals surface area contributed by atoms with E-state index in [4.69, 9.17) is 4.74 Å². The van der Waals surface area contributed by atoms with Crippen LogP contribution in [0, 0.1) is 0 Å². The van der Waals surface area contributed by atoms with Crippen molar-refractivity contribution in [3.63, 3.8) is 0 Å². The zero-order valence-corrected chi connectivity index (χ0v) is 13.4. The lowest BCUT2D eigenvalue weighted by Gasteiger charge is -2.26. The summed E-state index contributed by atoms with van der Waals surface area (Å²) in [6.07, 6.45) is 1.93. The summed E-state index contributed by atoms with van der Waals surface area (Å²) in [6, 6.07) is 25.6. The third kappa shape index (κ3) is 1.78. The predicted molar refractivity (Wildman–Crippen MR) is 96.7 cm³/mol. The number of para-hydroxylation sites is 2. The van der Waals surface area contributed by atoms with E-state index in [0.717, 1.165) is 27.6 Å². The smallest absolute Gasteiger partial charge is 0.331 e. The third-order valence-electron chi connectivity index (χ3n) is 5.00. The summed E-state index contributed by atoms with van der Waals surface area (Å²) in [5.41, 5.74) is 2.76. The van der Waals surface area contributed by atoms with E-state index in [-0.39, 0.29) is 5.97 Å². The second-order valence-corrected chi connectivity index (χ2v) is 6.25. The molecule has 120 valence electrons. The van der Waals surface area contributed by atoms with Gasteiger partial charge in [-0.2, -0.15) is 0 Å². The van der Waals surface area contributed by atoms with E-state index in [1.165, 1.54) is 0 Å². The number of hydrogen-bond donors (Lipinski definition) is 1. The van der Waals surface area contributed by atoms with Gasteiger partial charge in [-0.15, -0.1) is 0 Å². The first kappa shape index (κ1) is 14.1. The van der Waals surface area contributed by atoms with E-state index in [1.807, 2.05) is 85.1 Å². The van der Waals surface area contributed by atoms with Crippen LogP contribution < -0.4 is 4.74 Å². The molecule has 0 aliphatic carbocycles. The minimum Gasteiger partial charge on any atom is -0.425 e. The van der Waals surface area contributed by atoms with Crippen LogP contribution >= 0.6 is 0 Å². The predicted octanol–water partition coefficient (Wildman–Crippen LogP) is 4.42. The van der Waals surface area contributed by atoms with Crippen molar-refractivity contribution in [2.24, 2.45) is 0 Å². The Morgan fingerprint density at radius 1 is 0.760 bits per heavy atom. The van der Waals surface area contributed by atoms with Crippen LogP contribution in [0.15, 0.2) is 85.1 Å². The van der Waals surface area contributed by atoms with Gasteiger partial charge in [0.1, 0.15) is 11.2 Å². The molecule has 3 aromatic carbocycles. The number of aromatic amines is 1. The van der Waals surface area contributed by atoms with Crippen LogP contribution in [0.5, 0.6) is 5.75 Å². The highest BCUT2D eigenvalue weighted by molar-refractivity contribution is 6.02. The van der Waals surface area contributed by atoms with Gasteiger partial charge in [0.2, 0.25) is 0 Å². The summed E-state index contributed by atoms with van der Waals surface area (Å²) in [6.45, 7) is 0. The largest absolute Gasteiger partial charge is 0.425 e. The third-order valence-corrected chi connectivity index (χ3v) is 5.00. The van der Waals surface area contributed by atoms with Crippen molar-refractivity contribution in [1.82, 2.24) is 4.98 Å². The van der Waals surface area contributed by atoms with Gasteiger partial charge in [-0.1, -0.05) is 66.7 Å². The summed E-state index contributed by atoms with van der Waals surface area (Å²) < 4.78 is 5.70. The Kier molecular flexibility index (Phi) is 2.86. The number of carbonyl (C=O) groups is 1. The molecule has 0 saturated carbocycles. The highest BCUT2D eigenvalue weighted by Gasteiger charge is 2.52. The minimum atomic E-state index is -0.961. The quantitative estimate of drug-likeness (QED) is 0.438. The minimum absolute atomic E-state index is 0.260. The summed E-state index contributed by atoms with van der Waals surface area (Å²) in [4.78, 5) is 16.6. The van der Waals surface area contributed by atoms with Crippen LogP contribution in [-0.2, 0) is 10.2 Å². The number of rotatable bonds is 2. The molecule has 0 unspecified atom stereocenters. The number of aromatic nitrogens is 1. The first-order valence-electron chi connectivity index (χ1n) is 8.26. The van der Waals surface area contributed by atoms with Gasteiger partial charge in [-0.3, -0.25) is 0 Å². The summed E-state index contributed by atoms with van der Waals surface area (Å²) >= 11 is 0. The molecule has 3 heteroatoms. The normalized spacial score (nSPS) is 19.0. The molecule has 0 fully saturated rings. The lowest BCUT2D eigenvalue weighted by molar-refractivity contribution is -0.135. The monoisotopic (exact) mass is 325 g/mol. The number of benzene rings is 3. The Morgan fingerprint density at radius 2 is 1.48 bits per heavy atom. The molecule has 0 saturated heterocycles. The molecular formula is C22H15NO2. The molecule has 5 rings (SSSR count). The summed E-state index contributed by atoms with van der Waals surface area (Å²) in [5, 5.41) is 1.03. The first-order chi connectivity index (χ1) is 12.3. The van der Waals surface area contributed by atoms with Crippen LogP contribution in [0.3, 0.4) is 0 Å². The maximum absolute atomic E-state index is 13.3. The molecule has 0 spiro atoms. The van der Waals surface area contributed by atoms with Gasteiger partial charge in [-0.05, 0) is 17.7 Å². The number of fused-ring (bicyclic) bond motifs is 2. The number of carbonyl (C=O) groups excluding carboxylic acids is 1. The van der Waals surface area contributed by atoms with Crippen LogP contribution in [0.1, 0.15) is 16.7 Å². The van der Waals surface area contributed by atoms with Gasteiger partial charge in [0.15, 0.2) is 0 Å². The molecule has 2 heterocycles. The van der Waals surface area contributed by atoms with Crippen LogP contribution in [0.2, 0.25) is 0 Å². The van der Waals surface area contributed by atoms with Gasteiger partial charge in [0, 0.05) is 28.2 Å². The van der Waals surface area contributed by atoms with E-state index in [0.29, 0.717) is 5.75 Å². The topological polar surface area (TPSA) is 42.1 Å². The number of hydrogen-bond acceptors (Lipinski definition) is 2. The van der Waals surface area contributed by atoms with Crippen molar-refractivity contribution in [2.45, 2.75) is 5.41 Å². The van der Waals surface area contributed by atoms with Crippen molar-refractivity contribution in [2.75, 3.05) is 0 Å². The van der Waals surface area contributed by atoms with Crippen molar-refractivity contribution in [3.8, 4) is 5.75 Å². The van der Waals surface area contributed by atoms with E-state index in [2.05, 4.69) is 4.98 Å². The van der Waals surface area contributed by atoms with Crippen LogP contribution in [0.4, 0.5) is 0 Å². The van der Waals surface area contributed by atoms with E-state index in [1.54, 1.807) is 0 Å². The Bertz CT molecular complexity index is 1100. The number of ether oxygens (including phenoxy) is 1. The fourth-order valence-electron chi connectivity index (χ4n) is 3.91. The highest BCUT2D eigenvalue weighted by atomic mass is 16.5. The molecular weight excluding hydrogens is 310 g/mol. The summed E-state index contributed by atoms with van der Waals surface area (Å²) in [7, 11) is 0. The zero-order chi connectivity index (χ0) is 16.9. The average Bonchev–Trinajstić information content (AvgIpc) is 3.21. The molecule has 1 atom stereocenters. The number of H-pyrrole nitrogens is 1. The van der Waals surface area contributed by atoms with E-state index >= 15 is 0 Å². The maximum atomic E-state index is 13.3. The first-order valence-corrected chi connectivity index (χ1v) is 8.26. The van der Waals surface area contributed by atoms with Gasteiger partial charge in [-0.25, -0.2) is 4.79 Å². The summed E-state index contributed by atoms with van der Waals surface area (Å²) in [5.74, 6) is 0.367. The van der Waals surface area contributed by atoms with Crippen molar-refractivity contribution in [1.29, 1.82) is 0 Å². The lowest BCUT2D eigenvalue weighted by Crippen LogP contribution is -2.36. The molecule has 1 N–H and O–H groups in total. The Morgan fingerprint density at radius 3 is 2.36 bits per heavy atom. The highest BCUT2D eigenvalue weighted by Crippen LogP contribution is 2.50. The molecule has 0 bridgehead atoms. The SMILES string of the molecule is O=C1Oc2ccccc2[C@]1(c1ccccc1)c1c[nH]c2ccccc12. The molecule has 0 amide bonds. The fraction of sp³-hybridized carbons (Fsp3) is 0.0455. The van der Waals surface area contributed by atoms with Gasteiger partial charge >= 0.3 is 5.97 Å². The van der Waals surface area contributed by atoms with Gasteiger partial charge in [0.05, 0.1) is 0 Å². The van der Waals surface area contributed by atoms with Crippen molar-refractivity contribution in [3.05, 3.63) is 102 Å². The average molecular weight is 325 g/mol. The Balaban J connectivity index is 1.93. The van der Waals surface area contributed by atoms with Crippen LogP contribution in [0.25, 0.3) is 10.9 Å². The molecule has 25 heavy (non-hydrogen) atoms. The number of esters is 1. The zero-order valence-electron chi connectivity index (χ0n) is 13.4. The standard InChI is InChI=1S/C22H15NO2/c24-21-22(15-8-2-1-3-9-15,17-11-5-7-13-20(17)25-21)18-14-23-19-12-6-4-10-16(18)19/h1-14,23H/t22-/m1/s1. The van der Waals surface area contributed by atoms with E-state index < -0.39 is 5.41 Å². The second-order valence-electron chi connectivity index (χ2n) is 6.25. The fourth-order valence-corrected chi connectivity index (χ4v) is 3.91. The van der Waals surface area contributed by atoms with Crippen molar-refractivity contribution < 1.29 is 9.53 Å². The maximum Gasteiger partial charge on any atom is 0.331 e. The molecule has 3 nitrogen and oxygen atoms in total. The van der Waals surface area contributed by atoms with Gasteiger partial charge in [0.25, 0.3) is 0 Å². The van der Waals surface area contributed by atoms with Gasteiger partial charge < -0.3 is 9.72 Å². The second kappa shape index (κ2) is 5.08. The van der Waals surface area contributed by atoms with Crippen LogP contribution in [-0.4, -0.2) is 11.0 Å². The molecule has 4 aromatic rings. The van der Waals surface area contributed by atoms with Crippen molar-refractivity contribution >= 4 is 16.9 Å². The molecule has 0 radical (unpaired) electrons. The molecule has 1 aliphatic rings. The van der Waals surface area contributed by atoms with E-state index in [9.17, 15) is 4.79 Å². The lowest BCUT2D eigenvalue weighted by atomic mass is 9.70. The Labute approximate surface area is 144 Å². The molecule has 1 aromatic heterocycles.